The first-order valence-corrected chi connectivity index (χ1v) is 7.39. The first-order chi connectivity index (χ1) is 8.45. The van der Waals surface area contributed by atoms with Crippen molar-refractivity contribution in [3.8, 4) is 0 Å². The Kier molecular flexibility index (Phi) is 5.78. The second kappa shape index (κ2) is 6.87. The number of carbonyl (C=O) groups excluding carboxylic acids is 1. The number of hydrogen-bond donors (Lipinski definition) is 1. The smallest absolute Gasteiger partial charge is 0.323 e. The zero-order valence-corrected chi connectivity index (χ0v) is 12.1. The number of rotatable bonds is 4. The van der Waals surface area contributed by atoms with Crippen LogP contribution in [0.2, 0.25) is 0 Å². The van der Waals surface area contributed by atoms with Crippen molar-refractivity contribution in [2.24, 2.45) is 0 Å². The lowest BCUT2D eigenvalue weighted by molar-refractivity contribution is -0.138. The summed E-state index contributed by atoms with van der Waals surface area (Å²) in [5.41, 5.74) is 0. The molecule has 1 rings (SSSR count). The average molecular weight is 274 g/mol. The molecule has 104 valence electrons. The topological polar surface area (TPSA) is 60.9 Å². The third kappa shape index (κ3) is 4.08. The molecule has 2 amide bonds. The maximum atomic E-state index is 12.3. The molecule has 1 aliphatic heterocycles. The predicted octanol–water partition coefficient (Wildman–Crippen LogP) is 1.73. The molecular formula is C12H22N2O3S. The van der Waals surface area contributed by atoms with E-state index in [9.17, 15) is 9.59 Å². The van der Waals surface area contributed by atoms with E-state index in [1.165, 1.54) is 4.90 Å². The SMILES string of the molecule is CCC1CN(C(=O)N(CC(=O)O)C(C)C)CCS1. The molecule has 0 bridgehead atoms. The van der Waals surface area contributed by atoms with Crippen molar-refractivity contribution in [1.29, 1.82) is 0 Å². The summed E-state index contributed by atoms with van der Waals surface area (Å²) in [4.78, 5) is 26.3. The zero-order valence-electron chi connectivity index (χ0n) is 11.3. The highest BCUT2D eigenvalue weighted by Gasteiger charge is 2.28. The zero-order chi connectivity index (χ0) is 13.7. The van der Waals surface area contributed by atoms with E-state index in [1.807, 2.05) is 25.6 Å². The number of carboxylic acids is 1. The largest absolute Gasteiger partial charge is 0.480 e. The third-order valence-corrected chi connectivity index (χ3v) is 4.41. The molecule has 1 fully saturated rings. The van der Waals surface area contributed by atoms with Crippen LogP contribution >= 0.6 is 11.8 Å². The molecule has 1 N–H and O–H groups in total. The number of amides is 2. The molecule has 0 aromatic carbocycles. The lowest BCUT2D eigenvalue weighted by Gasteiger charge is -2.36. The lowest BCUT2D eigenvalue weighted by Crippen LogP contribution is -2.52. The molecule has 1 saturated heterocycles. The number of urea groups is 1. The van der Waals surface area contributed by atoms with Crippen molar-refractivity contribution in [3.63, 3.8) is 0 Å². The summed E-state index contributed by atoms with van der Waals surface area (Å²) in [7, 11) is 0. The van der Waals surface area contributed by atoms with Gasteiger partial charge in [0.2, 0.25) is 0 Å². The molecule has 6 heteroatoms. The molecule has 0 spiro atoms. The molecule has 1 unspecified atom stereocenters. The highest BCUT2D eigenvalue weighted by atomic mass is 32.2. The Labute approximate surface area is 113 Å². The van der Waals surface area contributed by atoms with Crippen molar-refractivity contribution in [1.82, 2.24) is 9.80 Å². The molecule has 1 atom stereocenters. The van der Waals surface area contributed by atoms with Crippen molar-refractivity contribution in [2.45, 2.75) is 38.5 Å². The Morgan fingerprint density at radius 2 is 2.17 bits per heavy atom. The monoisotopic (exact) mass is 274 g/mol. The van der Waals surface area contributed by atoms with Crippen molar-refractivity contribution in [2.75, 3.05) is 25.4 Å². The van der Waals surface area contributed by atoms with Gasteiger partial charge in [0.25, 0.3) is 0 Å². The van der Waals surface area contributed by atoms with Gasteiger partial charge >= 0.3 is 12.0 Å². The van der Waals surface area contributed by atoms with Gasteiger partial charge in [0.15, 0.2) is 0 Å². The number of thioether (sulfide) groups is 1. The third-order valence-electron chi connectivity index (χ3n) is 3.04. The highest BCUT2D eigenvalue weighted by molar-refractivity contribution is 8.00. The van der Waals surface area contributed by atoms with E-state index in [0.29, 0.717) is 11.8 Å². The van der Waals surface area contributed by atoms with Crippen LogP contribution in [0.15, 0.2) is 0 Å². The van der Waals surface area contributed by atoms with Crippen LogP contribution < -0.4 is 0 Å². The Balaban J connectivity index is 2.67. The van der Waals surface area contributed by atoms with Crippen LogP contribution in [0.25, 0.3) is 0 Å². The van der Waals surface area contributed by atoms with Gasteiger partial charge in [-0.3, -0.25) is 4.79 Å². The van der Waals surface area contributed by atoms with Crippen LogP contribution in [-0.4, -0.2) is 63.6 Å². The van der Waals surface area contributed by atoms with E-state index >= 15 is 0 Å². The van der Waals surface area contributed by atoms with E-state index < -0.39 is 5.97 Å². The Hall–Kier alpha value is -0.910. The van der Waals surface area contributed by atoms with Gasteiger partial charge in [-0.05, 0) is 20.3 Å². The average Bonchev–Trinajstić information content (AvgIpc) is 2.34. The number of nitrogens with zero attached hydrogens (tertiary/aromatic N) is 2. The molecule has 5 nitrogen and oxygen atoms in total. The van der Waals surface area contributed by atoms with Gasteiger partial charge in [-0.25, -0.2) is 4.79 Å². The summed E-state index contributed by atoms with van der Waals surface area (Å²) in [6.07, 6.45) is 1.04. The van der Waals surface area contributed by atoms with Crippen LogP contribution in [0.4, 0.5) is 4.79 Å². The molecule has 0 aromatic rings. The van der Waals surface area contributed by atoms with Crippen LogP contribution in [-0.2, 0) is 4.79 Å². The number of carbonyl (C=O) groups is 2. The summed E-state index contributed by atoms with van der Waals surface area (Å²) in [6, 6.07) is -0.241. The molecule has 0 saturated carbocycles. The minimum atomic E-state index is -0.963. The van der Waals surface area contributed by atoms with Gasteiger partial charge < -0.3 is 14.9 Å². The van der Waals surface area contributed by atoms with Gasteiger partial charge in [0.05, 0.1) is 0 Å². The minimum Gasteiger partial charge on any atom is -0.480 e. The quantitative estimate of drug-likeness (QED) is 0.848. The molecule has 0 radical (unpaired) electrons. The molecule has 18 heavy (non-hydrogen) atoms. The second-order valence-corrected chi connectivity index (χ2v) is 6.15. The van der Waals surface area contributed by atoms with E-state index in [2.05, 4.69) is 6.92 Å². The van der Waals surface area contributed by atoms with Gasteiger partial charge in [-0.2, -0.15) is 11.8 Å². The summed E-state index contributed by atoms with van der Waals surface area (Å²) in [5, 5.41) is 9.34. The van der Waals surface area contributed by atoms with Gasteiger partial charge in [0.1, 0.15) is 6.54 Å². The number of carboxylic acid groups (broad SMARTS) is 1. The summed E-state index contributed by atoms with van der Waals surface area (Å²) < 4.78 is 0. The highest BCUT2D eigenvalue weighted by Crippen LogP contribution is 2.22. The summed E-state index contributed by atoms with van der Waals surface area (Å²) >= 11 is 1.89. The molecule has 0 aliphatic carbocycles. The van der Waals surface area contributed by atoms with Gasteiger partial charge in [0, 0.05) is 30.1 Å². The van der Waals surface area contributed by atoms with Crippen molar-refractivity contribution in [3.05, 3.63) is 0 Å². The first kappa shape index (κ1) is 15.1. The Bertz CT molecular complexity index is 310. The van der Waals surface area contributed by atoms with Crippen LogP contribution in [0.1, 0.15) is 27.2 Å². The number of hydrogen-bond acceptors (Lipinski definition) is 3. The molecule has 0 aromatic heterocycles. The Morgan fingerprint density at radius 1 is 1.50 bits per heavy atom. The van der Waals surface area contributed by atoms with E-state index in [1.54, 1.807) is 4.90 Å². The van der Waals surface area contributed by atoms with Crippen molar-refractivity contribution < 1.29 is 14.7 Å². The van der Waals surface area contributed by atoms with Crippen LogP contribution in [0.3, 0.4) is 0 Å². The van der Waals surface area contributed by atoms with E-state index in [0.717, 1.165) is 18.7 Å². The van der Waals surface area contributed by atoms with E-state index in [-0.39, 0.29) is 18.6 Å². The summed E-state index contributed by atoms with van der Waals surface area (Å²) in [6.45, 7) is 7.01. The fourth-order valence-corrected chi connectivity index (χ4v) is 3.12. The van der Waals surface area contributed by atoms with Crippen molar-refractivity contribution >= 4 is 23.8 Å². The van der Waals surface area contributed by atoms with Gasteiger partial charge in [-0.15, -0.1) is 0 Å². The number of aliphatic carboxylic acids is 1. The summed E-state index contributed by atoms with van der Waals surface area (Å²) in [5.74, 6) is -0.0287. The second-order valence-electron chi connectivity index (χ2n) is 4.75. The molecular weight excluding hydrogens is 252 g/mol. The van der Waals surface area contributed by atoms with Crippen LogP contribution in [0, 0.1) is 0 Å². The predicted molar refractivity (Wildman–Crippen MR) is 73.0 cm³/mol. The molecule has 1 heterocycles. The fourth-order valence-electron chi connectivity index (χ4n) is 1.94. The molecule has 1 aliphatic rings. The van der Waals surface area contributed by atoms with Gasteiger partial charge in [-0.1, -0.05) is 6.92 Å². The lowest BCUT2D eigenvalue weighted by atomic mass is 10.3. The normalized spacial score (nSPS) is 20.0. The maximum absolute atomic E-state index is 12.3. The van der Waals surface area contributed by atoms with Crippen LogP contribution in [0.5, 0.6) is 0 Å². The maximum Gasteiger partial charge on any atom is 0.323 e. The standard InChI is InChI=1S/C12H22N2O3S/c1-4-10-7-13(5-6-18-10)12(17)14(9(2)3)8-11(15)16/h9-10H,4-8H2,1-3H3,(H,15,16). The Morgan fingerprint density at radius 3 is 2.67 bits per heavy atom. The van der Waals surface area contributed by atoms with E-state index in [4.69, 9.17) is 5.11 Å². The fraction of sp³-hybridized carbons (Fsp3) is 0.833. The minimum absolute atomic E-state index is 0.0942. The first-order valence-electron chi connectivity index (χ1n) is 6.34.